The molecule has 1 atom stereocenters. The van der Waals surface area contributed by atoms with E-state index in [0.717, 1.165) is 17.4 Å². The lowest BCUT2D eigenvalue weighted by molar-refractivity contribution is 0.611. The number of nitrogens with zero attached hydrogens (tertiary/aromatic N) is 4. The first-order valence-corrected chi connectivity index (χ1v) is 6.84. The minimum atomic E-state index is -0.317. The molecule has 0 saturated heterocycles. The average Bonchev–Trinajstić information content (AvgIpc) is 2.87. The number of azide groups is 1. The van der Waals surface area contributed by atoms with Crippen LogP contribution in [-0.4, -0.2) is 13.1 Å². The molecule has 0 amide bonds. The Labute approximate surface area is 115 Å². The van der Waals surface area contributed by atoms with Crippen LogP contribution in [0.1, 0.15) is 18.0 Å². The summed E-state index contributed by atoms with van der Waals surface area (Å²) in [4.78, 5) is 2.70. The van der Waals surface area contributed by atoms with Gasteiger partial charge in [-0.15, -0.1) is 11.3 Å². The Kier molecular flexibility index (Phi) is 4.76. The van der Waals surface area contributed by atoms with Crippen molar-refractivity contribution >= 4 is 21.4 Å². The first-order chi connectivity index (χ1) is 9.36. The van der Waals surface area contributed by atoms with Crippen molar-refractivity contribution < 1.29 is 0 Å². The van der Waals surface area contributed by atoms with Gasteiger partial charge in [0.15, 0.2) is 0 Å². The maximum absolute atomic E-state index is 9.27. The first kappa shape index (κ1) is 13.4. The lowest BCUT2D eigenvalue weighted by Crippen LogP contribution is -2.21. The minimum absolute atomic E-state index is 0.317. The normalized spacial score (nSPS) is 11.7. The van der Waals surface area contributed by atoms with Gasteiger partial charge in [0.1, 0.15) is 6.04 Å². The standard InChI is InChI=1S/C13H13N5S/c14-8-12(16-6-3-7-17-18-15)11-9-19-13-5-2-1-4-10(11)13/h1-2,4-5,9,12,16H,3,6-7H2. The van der Waals surface area contributed by atoms with Crippen LogP contribution in [0.25, 0.3) is 20.5 Å². The summed E-state index contributed by atoms with van der Waals surface area (Å²) in [6, 6.07) is 10.0. The van der Waals surface area contributed by atoms with E-state index in [4.69, 9.17) is 5.53 Å². The molecule has 0 aliphatic heterocycles. The fraction of sp³-hybridized carbons (Fsp3) is 0.308. The number of rotatable bonds is 6. The third kappa shape index (κ3) is 3.24. The summed E-state index contributed by atoms with van der Waals surface area (Å²) < 4.78 is 1.19. The van der Waals surface area contributed by atoms with Gasteiger partial charge >= 0.3 is 0 Å². The second-order valence-electron chi connectivity index (χ2n) is 4.01. The van der Waals surface area contributed by atoms with E-state index in [1.807, 2.05) is 23.6 Å². The molecule has 1 N–H and O–H groups in total. The Morgan fingerprint density at radius 3 is 3.11 bits per heavy atom. The quantitative estimate of drug-likeness (QED) is 0.375. The number of thiophene rings is 1. The van der Waals surface area contributed by atoms with Gasteiger partial charge in [-0.3, -0.25) is 5.32 Å². The summed E-state index contributed by atoms with van der Waals surface area (Å²) in [5.41, 5.74) is 9.20. The molecule has 1 aromatic carbocycles. The molecule has 0 bridgehead atoms. The van der Waals surface area contributed by atoms with E-state index in [2.05, 4.69) is 27.5 Å². The van der Waals surface area contributed by atoms with Crippen LogP contribution in [0.4, 0.5) is 0 Å². The van der Waals surface area contributed by atoms with Crippen molar-refractivity contribution in [1.82, 2.24) is 5.32 Å². The van der Waals surface area contributed by atoms with Gasteiger partial charge in [0.25, 0.3) is 0 Å². The van der Waals surface area contributed by atoms with E-state index in [-0.39, 0.29) is 6.04 Å². The highest BCUT2D eigenvalue weighted by Crippen LogP contribution is 2.29. The van der Waals surface area contributed by atoms with Gasteiger partial charge in [0, 0.05) is 21.7 Å². The summed E-state index contributed by atoms with van der Waals surface area (Å²) in [5.74, 6) is 0. The lowest BCUT2D eigenvalue weighted by atomic mass is 10.1. The van der Waals surface area contributed by atoms with Crippen molar-refractivity contribution in [3.63, 3.8) is 0 Å². The molecule has 96 valence electrons. The molecule has 0 aliphatic rings. The smallest absolute Gasteiger partial charge is 0.122 e. The molecule has 0 aliphatic carbocycles. The molecule has 19 heavy (non-hydrogen) atoms. The SMILES string of the molecule is N#CC(NCCCN=[N+]=[N-])c1csc2ccccc12. The fourth-order valence-electron chi connectivity index (χ4n) is 1.89. The van der Waals surface area contributed by atoms with Crippen LogP contribution in [0, 0.1) is 11.3 Å². The largest absolute Gasteiger partial charge is 0.298 e. The van der Waals surface area contributed by atoms with E-state index in [0.29, 0.717) is 13.1 Å². The third-order valence-corrected chi connectivity index (χ3v) is 3.78. The topological polar surface area (TPSA) is 84.6 Å². The van der Waals surface area contributed by atoms with Crippen molar-refractivity contribution in [1.29, 1.82) is 5.26 Å². The van der Waals surface area contributed by atoms with Gasteiger partial charge in [-0.25, -0.2) is 0 Å². The zero-order valence-electron chi connectivity index (χ0n) is 10.3. The van der Waals surface area contributed by atoms with E-state index in [1.165, 1.54) is 4.70 Å². The molecule has 0 spiro atoms. The summed E-state index contributed by atoms with van der Waals surface area (Å²) in [6.07, 6.45) is 0.726. The molecule has 0 saturated carbocycles. The molecule has 1 aromatic heterocycles. The van der Waals surface area contributed by atoms with Crippen LogP contribution in [0.2, 0.25) is 0 Å². The van der Waals surface area contributed by atoms with E-state index < -0.39 is 0 Å². The summed E-state index contributed by atoms with van der Waals surface area (Å²) in [7, 11) is 0. The zero-order chi connectivity index (χ0) is 13.5. The maximum atomic E-state index is 9.27. The molecule has 0 fully saturated rings. The third-order valence-electron chi connectivity index (χ3n) is 2.80. The number of nitrogens with one attached hydrogen (secondary N) is 1. The molecule has 1 unspecified atom stereocenters. The van der Waals surface area contributed by atoms with Crippen molar-refractivity contribution in [3.8, 4) is 6.07 Å². The number of hydrogen-bond acceptors (Lipinski definition) is 4. The van der Waals surface area contributed by atoms with Gasteiger partial charge in [0.05, 0.1) is 6.07 Å². The molecule has 5 nitrogen and oxygen atoms in total. The maximum Gasteiger partial charge on any atom is 0.122 e. The van der Waals surface area contributed by atoms with Gasteiger partial charge in [-0.05, 0) is 35.3 Å². The van der Waals surface area contributed by atoms with E-state index >= 15 is 0 Å². The summed E-state index contributed by atoms with van der Waals surface area (Å²) >= 11 is 1.65. The molecule has 6 heteroatoms. The predicted octanol–water partition coefficient (Wildman–Crippen LogP) is 3.76. The average molecular weight is 271 g/mol. The van der Waals surface area contributed by atoms with E-state index in [1.54, 1.807) is 11.3 Å². The molecule has 1 heterocycles. The van der Waals surface area contributed by atoms with Gasteiger partial charge in [0.2, 0.25) is 0 Å². The van der Waals surface area contributed by atoms with Crippen LogP contribution in [0.15, 0.2) is 34.8 Å². The van der Waals surface area contributed by atoms with Gasteiger partial charge in [-0.2, -0.15) is 5.26 Å². The minimum Gasteiger partial charge on any atom is -0.298 e. The Bertz CT molecular complexity index is 636. The van der Waals surface area contributed by atoms with Crippen molar-refractivity contribution in [2.75, 3.05) is 13.1 Å². The highest BCUT2D eigenvalue weighted by atomic mass is 32.1. The summed E-state index contributed by atoms with van der Waals surface area (Å²) in [5, 5.41) is 19.1. The first-order valence-electron chi connectivity index (χ1n) is 5.97. The highest BCUT2D eigenvalue weighted by molar-refractivity contribution is 7.17. The van der Waals surface area contributed by atoms with Gasteiger partial charge in [-0.1, -0.05) is 23.3 Å². The molecule has 0 radical (unpaired) electrons. The second kappa shape index (κ2) is 6.76. The monoisotopic (exact) mass is 271 g/mol. The van der Waals surface area contributed by atoms with Crippen LogP contribution in [-0.2, 0) is 0 Å². The second-order valence-corrected chi connectivity index (χ2v) is 4.92. The van der Waals surface area contributed by atoms with E-state index in [9.17, 15) is 5.26 Å². The Morgan fingerprint density at radius 1 is 1.47 bits per heavy atom. The predicted molar refractivity (Wildman–Crippen MR) is 76.8 cm³/mol. The molecule has 2 aromatic rings. The molecular formula is C13H13N5S. The molecular weight excluding hydrogens is 258 g/mol. The number of nitriles is 1. The summed E-state index contributed by atoms with van der Waals surface area (Å²) in [6.45, 7) is 1.10. The van der Waals surface area contributed by atoms with Crippen LogP contribution in [0.3, 0.4) is 0 Å². The van der Waals surface area contributed by atoms with Crippen LogP contribution in [0.5, 0.6) is 0 Å². The van der Waals surface area contributed by atoms with Crippen molar-refractivity contribution in [2.45, 2.75) is 12.5 Å². The lowest BCUT2D eigenvalue weighted by Gasteiger charge is -2.10. The van der Waals surface area contributed by atoms with Crippen molar-refractivity contribution in [2.24, 2.45) is 5.11 Å². The highest BCUT2D eigenvalue weighted by Gasteiger charge is 2.14. The molecule has 2 rings (SSSR count). The van der Waals surface area contributed by atoms with Crippen LogP contribution >= 0.6 is 11.3 Å². The zero-order valence-corrected chi connectivity index (χ0v) is 11.1. The van der Waals surface area contributed by atoms with Crippen molar-refractivity contribution in [3.05, 3.63) is 45.7 Å². The number of fused-ring (bicyclic) bond motifs is 1. The number of benzene rings is 1. The Hall–Kier alpha value is -2.06. The Morgan fingerprint density at radius 2 is 2.32 bits per heavy atom. The number of hydrogen-bond donors (Lipinski definition) is 1. The fourth-order valence-corrected chi connectivity index (χ4v) is 2.87. The Balaban J connectivity index is 2.05. The van der Waals surface area contributed by atoms with Gasteiger partial charge < -0.3 is 0 Å². The van der Waals surface area contributed by atoms with Crippen LogP contribution < -0.4 is 5.32 Å².